The van der Waals surface area contributed by atoms with Crippen LogP contribution in [0.2, 0.25) is 0 Å². The molecule has 0 aliphatic heterocycles. The third-order valence-electron chi connectivity index (χ3n) is 2.29. The van der Waals surface area contributed by atoms with Gasteiger partial charge >= 0.3 is 5.97 Å². The van der Waals surface area contributed by atoms with Crippen LogP contribution in [-0.2, 0) is 4.79 Å². The highest BCUT2D eigenvalue weighted by atomic mass is 16.4. The molecule has 0 spiro atoms. The highest BCUT2D eigenvalue weighted by molar-refractivity contribution is 5.94. The molecule has 1 atom stereocenters. The molecular formula is C12H15NO5. The first kappa shape index (κ1) is 14.0. The summed E-state index contributed by atoms with van der Waals surface area (Å²) in [6.45, 7) is 1.16. The summed E-state index contributed by atoms with van der Waals surface area (Å²) in [7, 11) is 0. The van der Waals surface area contributed by atoms with E-state index in [0.717, 1.165) is 0 Å². The lowest BCUT2D eigenvalue weighted by Gasteiger charge is -2.21. The SMILES string of the molecule is CC(O)(CNC(=O)c1ccc(O)cc1)CC(=O)O. The number of benzene rings is 1. The summed E-state index contributed by atoms with van der Waals surface area (Å²) in [6.07, 6.45) is -0.455. The van der Waals surface area contributed by atoms with Crippen molar-refractivity contribution in [3.05, 3.63) is 29.8 Å². The first-order valence-electron chi connectivity index (χ1n) is 5.31. The maximum absolute atomic E-state index is 11.6. The Hall–Kier alpha value is -2.08. The molecular weight excluding hydrogens is 238 g/mol. The van der Waals surface area contributed by atoms with Crippen LogP contribution in [0.25, 0.3) is 0 Å². The first-order valence-corrected chi connectivity index (χ1v) is 5.31. The second kappa shape index (κ2) is 5.50. The molecule has 0 fully saturated rings. The topological polar surface area (TPSA) is 107 Å². The zero-order valence-electron chi connectivity index (χ0n) is 9.88. The second-order valence-corrected chi connectivity index (χ2v) is 4.30. The minimum absolute atomic E-state index is 0.0458. The van der Waals surface area contributed by atoms with Crippen LogP contribution in [0.3, 0.4) is 0 Å². The van der Waals surface area contributed by atoms with E-state index in [1.54, 1.807) is 0 Å². The number of nitrogens with one attached hydrogen (secondary N) is 1. The van der Waals surface area contributed by atoms with Crippen molar-refractivity contribution in [1.29, 1.82) is 0 Å². The molecule has 18 heavy (non-hydrogen) atoms. The number of phenols is 1. The Morgan fingerprint density at radius 3 is 2.33 bits per heavy atom. The molecule has 1 amide bonds. The summed E-state index contributed by atoms with van der Waals surface area (Å²) in [5.74, 6) is -1.54. The Morgan fingerprint density at radius 1 is 1.28 bits per heavy atom. The van der Waals surface area contributed by atoms with Crippen LogP contribution in [0.1, 0.15) is 23.7 Å². The number of aliphatic carboxylic acids is 1. The van der Waals surface area contributed by atoms with Gasteiger partial charge in [0.05, 0.1) is 12.0 Å². The van der Waals surface area contributed by atoms with Crippen molar-refractivity contribution in [1.82, 2.24) is 5.32 Å². The quantitative estimate of drug-likeness (QED) is 0.605. The molecule has 0 radical (unpaired) electrons. The predicted molar refractivity (Wildman–Crippen MR) is 63.3 cm³/mol. The first-order chi connectivity index (χ1) is 8.30. The number of aromatic hydroxyl groups is 1. The van der Waals surface area contributed by atoms with E-state index in [-0.39, 0.29) is 12.3 Å². The molecule has 0 heterocycles. The summed E-state index contributed by atoms with van der Waals surface area (Å²) in [6, 6.07) is 5.59. The van der Waals surface area contributed by atoms with Gasteiger partial charge in [0.1, 0.15) is 5.75 Å². The van der Waals surface area contributed by atoms with Crippen LogP contribution < -0.4 is 5.32 Å². The van der Waals surface area contributed by atoms with Crippen LogP contribution in [0.5, 0.6) is 5.75 Å². The number of hydrogen-bond acceptors (Lipinski definition) is 4. The largest absolute Gasteiger partial charge is 0.508 e. The Labute approximate surface area is 104 Å². The van der Waals surface area contributed by atoms with Crippen LogP contribution in [0, 0.1) is 0 Å². The average Bonchev–Trinajstić information content (AvgIpc) is 2.25. The number of carbonyl (C=O) groups is 2. The van der Waals surface area contributed by atoms with Gasteiger partial charge in [0, 0.05) is 12.1 Å². The highest BCUT2D eigenvalue weighted by Crippen LogP contribution is 2.11. The van der Waals surface area contributed by atoms with E-state index in [4.69, 9.17) is 10.2 Å². The van der Waals surface area contributed by atoms with Gasteiger partial charge in [-0.15, -0.1) is 0 Å². The minimum Gasteiger partial charge on any atom is -0.508 e. The zero-order valence-corrected chi connectivity index (χ0v) is 9.88. The number of hydrogen-bond donors (Lipinski definition) is 4. The van der Waals surface area contributed by atoms with Crippen molar-refractivity contribution in [2.45, 2.75) is 18.9 Å². The fourth-order valence-corrected chi connectivity index (χ4v) is 1.37. The van der Waals surface area contributed by atoms with E-state index in [1.165, 1.54) is 31.2 Å². The second-order valence-electron chi connectivity index (χ2n) is 4.30. The highest BCUT2D eigenvalue weighted by Gasteiger charge is 2.24. The average molecular weight is 253 g/mol. The fourth-order valence-electron chi connectivity index (χ4n) is 1.37. The van der Waals surface area contributed by atoms with Crippen molar-refractivity contribution in [2.24, 2.45) is 0 Å². The van der Waals surface area contributed by atoms with Gasteiger partial charge in [-0.05, 0) is 31.2 Å². The Morgan fingerprint density at radius 2 is 1.83 bits per heavy atom. The van der Waals surface area contributed by atoms with Gasteiger partial charge in [-0.2, -0.15) is 0 Å². The molecule has 4 N–H and O–H groups in total. The molecule has 1 rings (SSSR count). The van der Waals surface area contributed by atoms with E-state index >= 15 is 0 Å². The zero-order chi connectivity index (χ0) is 13.8. The Bertz CT molecular complexity index is 438. The molecule has 0 aliphatic rings. The summed E-state index contributed by atoms with van der Waals surface area (Å²) in [4.78, 5) is 22.1. The van der Waals surface area contributed by atoms with Gasteiger partial charge in [0.15, 0.2) is 0 Å². The number of carboxylic acid groups (broad SMARTS) is 1. The van der Waals surface area contributed by atoms with Gasteiger partial charge < -0.3 is 20.6 Å². The molecule has 1 unspecified atom stereocenters. The fraction of sp³-hybridized carbons (Fsp3) is 0.333. The molecule has 0 aromatic heterocycles. The summed E-state index contributed by atoms with van der Waals surface area (Å²) >= 11 is 0. The van der Waals surface area contributed by atoms with Crippen molar-refractivity contribution in [2.75, 3.05) is 6.54 Å². The molecule has 0 saturated carbocycles. The lowest BCUT2D eigenvalue weighted by atomic mass is 10.0. The van der Waals surface area contributed by atoms with E-state index < -0.39 is 23.9 Å². The van der Waals surface area contributed by atoms with E-state index in [0.29, 0.717) is 5.56 Å². The maximum atomic E-state index is 11.6. The number of phenolic OH excluding ortho intramolecular Hbond substituents is 1. The number of aliphatic hydroxyl groups is 1. The van der Waals surface area contributed by atoms with E-state index in [1.807, 2.05) is 0 Å². The summed E-state index contributed by atoms with van der Waals surface area (Å²) in [5, 5.41) is 29.7. The van der Waals surface area contributed by atoms with Crippen molar-refractivity contribution in [3.8, 4) is 5.75 Å². The van der Waals surface area contributed by atoms with Gasteiger partial charge in [0.25, 0.3) is 5.91 Å². The number of carboxylic acids is 1. The van der Waals surface area contributed by atoms with Crippen molar-refractivity contribution >= 4 is 11.9 Å². The minimum atomic E-state index is -1.50. The van der Waals surface area contributed by atoms with Crippen LogP contribution >= 0.6 is 0 Å². The van der Waals surface area contributed by atoms with E-state index in [2.05, 4.69) is 5.32 Å². The molecule has 0 saturated heterocycles. The Balaban J connectivity index is 2.55. The molecule has 6 nitrogen and oxygen atoms in total. The Kier molecular flexibility index (Phi) is 4.28. The van der Waals surface area contributed by atoms with Gasteiger partial charge in [-0.3, -0.25) is 9.59 Å². The number of amides is 1. The number of rotatable bonds is 5. The molecule has 1 aromatic rings. The summed E-state index contributed by atoms with van der Waals surface area (Å²) in [5.41, 5.74) is -1.18. The van der Waals surface area contributed by atoms with Crippen LogP contribution in [0.15, 0.2) is 24.3 Å². The van der Waals surface area contributed by atoms with Gasteiger partial charge in [-0.1, -0.05) is 0 Å². The lowest BCUT2D eigenvalue weighted by Crippen LogP contribution is -2.42. The molecule has 1 aromatic carbocycles. The van der Waals surface area contributed by atoms with Gasteiger partial charge in [0.2, 0.25) is 0 Å². The van der Waals surface area contributed by atoms with Crippen molar-refractivity contribution < 1.29 is 24.9 Å². The molecule has 98 valence electrons. The molecule has 0 bridgehead atoms. The monoisotopic (exact) mass is 253 g/mol. The third kappa shape index (κ3) is 4.42. The lowest BCUT2D eigenvalue weighted by molar-refractivity contribution is -0.141. The maximum Gasteiger partial charge on any atom is 0.306 e. The standard InChI is InChI=1S/C12H15NO5/c1-12(18,6-10(15)16)7-13-11(17)8-2-4-9(14)5-3-8/h2-5,14,18H,6-7H2,1H3,(H,13,17)(H,15,16). The predicted octanol–water partition coefficient (Wildman–Crippen LogP) is 0.348. The normalized spacial score (nSPS) is 13.7. The van der Waals surface area contributed by atoms with Crippen LogP contribution in [0.4, 0.5) is 0 Å². The van der Waals surface area contributed by atoms with Crippen molar-refractivity contribution in [3.63, 3.8) is 0 Å². The smallest absolute Gasteiger partial charge is 0.306 e. The van der Waals surface area contributed by atoms with Crippen LogP contribution in [-0.4, -0.2) is 39.3 Å². The summed E-state index contributed by atoms with van der Waals surface area (Å²) < 4.78 is 0. The van der Waals surface area contributed by atoms with E-state index in [9.17, 15) is 14.7 Å². The van der Waals surface area contributed by atoms with Gasteiger partial charge in [-0.25, -0.2) is 0 Å². The third-order valence-corrected chi connectivity index (χ3v) is 2.29. The molecule has 0 aliphatic carbocycles. The number of carbonyl (C=O) groups excluding carboxylic acids is 1. The molecule has 6 heteroatoms.